The fourth-order valence-electron chi connectivity index (χ4n) is 2.06. The van der Waals surface area contributed by atoms with Crippen molar-refractivity contribution in [2.24, 2.45) is 0 Å². The highest BCUT2D eigenvalue weighted by molar-refractivity contribution is 5.72. The second-order valence-corrected chi connectivity index (χ2v) is 6.92. The first-order chi connectivity index (χ1) is 12.6. The van der Waals surface area contributed by atoms with Gasteiger partial charge in [-0.15, -0.1) is 0 Å². The van der Waals surface area contributed by atoms with E-state index in [1.54, 1.807) is 32.9 Å². The van der Waals surface area contributed by atoms with Crippen LogP contribution in [-0.2, 0) is 14.3 Å². The highest BCUT2D eigenvalue weighted by atomic mass is 16.7. The summed E-state index contributed by atoms with van der Waals surface area (Å²) in [6.45, 7) is 7.40. The van der Waals surface area contributed by atoms with Crippen molar-refractivity contribution in [3.8, 4) is 5.75 Å². The second-order valence-electron chi connectivity index (χ2n) is 6.92. The van der Waals surface area contributed by atoms with E-state index in [4.69, 9.17) is 19.3 Å². The van der Waals surface area contributed by atoms with Crippen LogP contribution in [-0.4, -0.2) is 35.5 Å². The number of nitrogens with one attached hydrogen (secondary N) is 1. The summed E-state index contributed by atoms with van der Waals surface area (Å²) < 4.78 is 15.1. The molecule has 1 unspecified atom stereocenters. The third-order valence-electron chi connectivity index (χ3n) is 3.28. The number of unbranched alkanes of at least 4 members (excludes halogenated alkanes) is 1. The third kappa shape index (κ3) is 9.48. The number of carboxylic acids is 1. The van der Waals surface area contributed by atoms with Crippen molar-refractivity contribution >= 4 is 18.2 Å². The number of alkyl carbamates (subject to hydrolysis) is 1. The molecule has 1 aromatic carbocycles. The Labute approximate surface area is 158 Å². The minimum absolute atomic E-state index is 0.243. The predicted octanol–water partition coefficient (Wildman–Crippen LogP) is 4.04. The maximum absolute atomic E-state index is 11.8. The van der Waals surface area contributed by atoms with Crippen molar-refractivity contribution < 1.29 is 33.7 Å². The van der Waals surface area contributed by atoms with Crippen LogP contribution in [0.4, 0.5) is 9.59 Å². The molecule has 8 nitrogen and oxygen atoms in total. The van der Waals surface area contributed by atoms with Gasteiger partial charge in [-0.25, -0.2) is 9.59 Å². The maximum atomic E-state index is 11.8. The molecule has 8 heteroatoms. The van der Waals surface area contributed by atoms with E-state index in [0.717, 1.165) is 12.8 Å². The summed E-state index contributed by atoms with van der Waals surface area (Å²) in [7, 11) is 0. The van der Waals surface area contributed by atoms with Gasteiger partial charge in [-0.3, -0.25) is 4.79 Å². The minimum atomic E-state index is -1.07. The zero-order valence-electron chi connectivity index (χ0n) is 16.1. The molecule has 150 valence electrons. The van der Waals surface area contributed by atoms with Gasteiger partial charge in [0.1, 0.15) is 11.4 Å². The molecule has 1 rings (SSSR count). The lowest BCUT2D eigenvalue weighted by Crippen LogP contribution is -2.31. The number of benzene rings is 1. The van der Waals surface area contributed by atoms with Crippen LogP contribution in [0.1, 0.15) is 58.6 Å². The van der Waals surface area contributed by atoms with Crippen LogP contribution >= 0.6 is 0 Å². The van der Waals surface area contributed by atoms with Crippen molar-refractivity contribution in [3.63, 3.8) is 0 Å². The van der Waals surface area contributed by atoms with Gasteiger partial charge in [0, 0.05) is 0 Å². The molecular formula is C19H27NO7. The van der Waals surface area contributed by atoms with Gasteiger partial charge in [0.25, 0.3) is 0 Å². The summed E-state index contributed by atoms with van der Waals surface area (Å²) >= 11 is 0. The normalized spacial score (nSPS) is 12.0. The SMILES string of the molecule is CCCCOC(=O)NC(CC(=O)O)c1ccc(OC(=O)OC(C)(C)C)cc1. The van der Waals surface area contributed by atoms with Crippen molar-refractivity contribution in [2.45, 2.75) is 58.6 Å². The molecule has 27 heavy (non-hydrogen) atoms. The summed E-state index contributed by atoms with van der Waals surface area (Å²) in [4.78, 5) is 34.6. The van der Waals surface area contributed by atoms with Crippen molar-refractivity contribution in [3.05, 3.63) is 29.8 Å². The van der Waals surface area contributed by atoms with Gasteiger partial charge in [-0.2, -0.15) is 0 Å². The smallest absolute Gasteiger partial charge is 0.481 e. The predicted molar refractivity (Wildman–Crippen MR) is 97.7 cm³/mol. The van der Waals surface area contributed by atoms with Crippen molar-refractivity contribution in [2.75, 3.05) is 6.61 Å². The molecule has 0 aromatic heterocycles. The van der Waals surface area contributed by atoms with Gasteiger partial charge in [-0.1, -0.05) is 25.5 Å². The van der Waals surface area contributed by atoms with Gasteiger partial charge >= 0.3 is 18.2 Å². The zero-order valence-corrected chi connectivity index (χ0v) is 16.1. The summed E-state index contributed by atoms with van der Waals surface area (Å²) in [5, 5.41) is 11.6. The Kier molecular flexibility index (Phi) is 8.58. The van der Waals surface area contributed by atoms with E-state index in [9.17, 15) is 14.4 Å². The molecule has 0 radical (unpaired) electrons. The number of carbonyl (C=O) groups excluding carboxylic acids is 2. The zero-order chi connectivity index (χ0) is 20.4. The van der Waals surface area contributed by atoms with E-state index in [1.165, 1.54) is 12.1 Å². The van der Waals surface area contributed by atoms with Gasteiger partial charge in [0.15, 0.2) is 0 Å². The average Bonchev–Trinajstić information content (AvgIpc) is 2.53. The monoisotopic (exact) mass is 381 g/mol. The van der Waals surface area contributed by atoms with Crippen LogP contribution in [0.2, 0.25) is 0 Å². The van der Waals surface area contributed by atoms with Crippen LogP contribution in [0.5, 0.6) is 5.75 Å². The molecule has 1 amide bonds. The molecule has 1 atom stereocenters. The lowest BCUT2D eigenvalue weighted by molar-refractivity contribution is -0.137. The second kappa shape index (κ2) is 10.4. The molecule has 0 fully saturated rings. The first-order valence-corrected chi connectivity index (χ1v) is 8.76. The minimum Gasteiger partial charge on any atom is -0.481 e. The van der Waals surface area contributed by atoms with Gasteiger partial charge in [0.05, 0.1) is 19.1 Å². The van der Waals surface area contributed by atoms with E-state index in [1.807, 2.05) is 6.92 Å². The van der Waals surface area contributed by atoms with Gasteiger partial charge < -0.3 is 24.6 Å². The molecule has 1 aromatic rings. The Bertz CT molecular complexity index is 634. The number of aliphatic carboxylic acids is 1. The molecule has 0 spiro atoms. The molecule has 0 saturated carbocycles. The Morgan fingerprint density at radius 1 is 1.15 bits per heavy atom. The first-order valence-electron chi connectivity index (χ1n) is 8.76. The highest BCUT2D eigenvalue weighted by Crippen LogP contribution is 2.21. The van der Waals surface area contributed by atoms with E-state index < -0.39 is 29.9 Å². The molecule has 0 heterocycles. The summed E-state index contributed by atoms with van der Waals surface area (Å²) in [5.41, 5.74) is -0.132. The van der Waals surface area contributed by atoms with Gasteiger partial charge in [-0.05, 0) is 44.9 Å². The molecule has 0 saturated heterocycles. The lowest BCUT2D eigenvalue weighted by atomic mass is 10.0. The quantitative estimate of drug-likeness (QED) is 0.397. The summed E-state index contributed by atoms with van der Waals surface area (Å²) in [6, 6.07) is 5.36. The highest BCUT2D eigenvalue weighted by Gasteiger charge is 2.20. The fraction of sp³-hybridized carbons (Fsp3) is 0.526. The van der Waals surface area contributed by atoms with E-state index in [0.29, 0.717) is 5.56 Å². The molecule has 0 aliphatic rings. The number of carbonyl (C=O) groups is 3. The number of hydrogen-bond donors (Lipinski definition) is 2. The lowest BCUT2D eigenvalue weighted by Gasteiger charge is -2.19. The van der Waals surface area contributed by atoms with E-state index in [-0.39, 0.29) is 18.8 Å². The average molecular weight is 381 g/mol. The maximum Gasteiger partial charge on any atom is 0.514 e. The van der Waals surface area contributed by atoms with Crippen LogP contribution < -0.4 is 10.1 Å². The largest absolute Gasteiger partial charge is 0.514 e. The van der Waals surface area contributed by atoms with E-state index in [2.05, 4.69) is 5.32 Å². The molecule has 0 bridgehead atoms. The number of carboxylic acid groups (broad SMARTS) is 1. The van der Waals surface area contributed by atoms with Crippen molar-refractivity contribution in [1.29, 1.82) is 0 Å². The van der Waals surface area contributed by atoms with Crippen LogP contribution in [0.15, 0.2) is 24.3 Å². The van der Waals surface area contributed by atoms with Crippen LogP contribution in [0.3, 0.4) is 0 Å². The van der Waals surface area contributed by atoms with Crippen molar-refractivity contribution in [1.82, 2.24) is 5.32 Å². The Hall–Kier alpha value is -2.77. The topological polar surface area (TPSA) is 111 Å². The number of rotatable bonds is 8. The Morgan fingerprint density at radius 2 is 1.78 bits per heavy atom. The molecule has 0 aliphatic heterocycles. The first kappa shape index (κ1) is 22.3. The molecule has 0 aliphatic carbocycles. The standard InChI is InChI=1S/C19H27NO7/c1-5-6-11-25-17(23)20-15(12-16(21)22)13-7-9-14(10-8-13)26-18(24)27-19(2,3)4/h7-10,15H,5-6,11-12H2,1-4H3,(H,20,23)(H,21,22). The number of amides is 1. The van der Waals surface area contributed by atoms with Crippen LogP contribution in [0, 0.1) is 0 Å². The number of hydrogen-bond acceptors (Lipinski definition) is 6. The Morgan fingerprint density at radius 3 is 2.30 bits per heavy atom. The third-order valence-corrected chi connectivity index (χ3v) is 3.28. The molecular weight excluding hydrogens is 354 g/mol. The van der Waals surface area contributed by atoms with Crippen LogP contribution in [0.25, 0.3) is 0 Å². The molecule has 2 N–H and O–H groups in total. The Balaban J connectivity index is 2.75. The summed E-state index contributed by atoms with van der Waals surface area (Å²) in [6.07, 6.45) is -0.216. The number of ether oxygens (including phenoxy) is 3. The fourth-order valence-corrected chi connectivity index (χ4v) is 2.06. The van der Waals surface area contributed by atoms with E-state index >= 15 is 0 Å². The summed E-state index contributed by atoms with van der Waals surface area (Å²) in [5.74, 6) is -0.824. The van der Waals surface area contributed by atoms with Gasteiger partial charge in [0.2, 0.25) is 0 Å².